The zero-order chi connectivity index (χ0) is 14.4. The van der Waals surface area contributed by atoms with E-state index in [1.807, 2.05) is 0 Å². The molecular weight excluding hydrogens is 265 g/mol. The molecular formula is C10H13F3N4O2. The topological polar surface area (TPSA) is 83.5 Å². The van der Waals surface area contributed by atoms with E-state index in [9.17, 15) is 23.1 Å². The van der Waals surface area contributed by atoms with Crippen molar-refractivity contribution < 1.29 is 23.1 Å². The molecule has 0 aromatic carbocycles. The Morgan fingerprint density at radius 2 is 2.26 bits per heavy atom. The van der Waals surface area contributed by atoms with E-state index in [2.05, 4.69) is 5.43 Å². The zero-order valence-electron chi connectivity index (χ0n) is 9.98. The fourth-order valence-electron chi connectivity index (χ4n) is 2.18. The number of halogens is 3. The molecule has 6 nitrogen and oxygen atoms in total. The molecule has 1 aromatic heterocycles. The van der Waals surface area contributed by atoms with Gasteiger partial charge >= 0.3 is 12.2 Å². The number of carbonyl (C=O) groups is 1. The number of amides is 2. The largest absolute Gasteiger partial charge is 0.438 e. The lowest BCUT2D eigenvalue weighted by Crippen LogP contribution is -2.61. The van der Waals surface area contributed by atoms with E-state index in [-0.39, 0.29) is 5.01 Å². The highest BCUT2D eigenvalue weighted by Gasteiger charge is 2.64. The minimum atomic E-state index is -5.01. The maximum absolute atomic E-state index is 12.9. The van der Waals surface area contributed by atoms with Crippen LogP contribution in [0.15, 0.2) is 18.3 Å². The van der Waals surface area contributed by atoms with Crippen LogP contribution in [0.3, 0.4) is 0 Å². The van der Waals surface area contributed by atoms with Gasteiger partial charge in [0, 0.05) is 25.4 Å². The number of hydrogen-bond acceptors (Lipinski definition) is 3. The molecule has 0 radical (unpaired) electrons. The standard InChI is InChI=1S/C10H13F3N4O2/c1-16-4-2-3-7(16)6-5-9(19,10(11,12)13)17(15-6)8(14)18/h2-4,6,15,19H,5H2,1H3,(H2,14,18)/t6-,9+/m1/s1. The van der Waals surface area contributed by atoms with Crippen molar-refractivity contribution in [2.24, 2.45) is 12.8 Å². The third kappa shape index (κ3) is 2.04. The first-order valence-electron chi connectivity index (χ1n) is 5.43. The number of primary amides is 1. The minimum absolute atomic E-state index is 0.0324. The molecule has 1 aliphatic heterocycles. The van der Waals surface area contributed by atoms with E-state index in [0.29, 0.717) is 5.69 Å². The maximum atomic E-state index is 12.9. The molecule has 0 spiro atoms. The van der Waals surface area contributed by atoms with Crippen LogP contribution in [0.1, 0.15) is 18.2 Å². The van der Waals surface area contributed by atoms with E-state index in [0.717, 1.165) is 0 Å². The van der Waals surface area contributed by atoms with Crippen LogP contribution in [0.2, 0.25) is 0 Å². The quantitative estimate of drug-likeness (QED) is 0.703. The summed E-state index contributed by atoms with van der Waals surface area (Å²) in [5.41, 5.74) is 4.37. The Bertz CT molecular complexity index is 501. The van der Waals surface area contributed by atoms with Crippen LogP contribution >= 0.6 is 0 Å². The molecule has 0 bridgehead atoms. The van der Waals surface area contributed by atoms with Crippen LogP contribution < -0.4 is 11.2 Å². The second-order valence-electron chi connectivity index (χ2n) is 4.42. The van der Waals surface area contributed by atoms with Gasteiger partial charge in [-0.1, -0.05) is 0 Å². The highest BCUT2D eigenvalue weighted by molar-refractivity contribution is 5.72. The lowest BCUT2D eigenvalue weighted by atomic mass is 10.0. The zero-order valence-corrected chi connectivity index (χ0v) is 9.98. The van der Waals surface area contributed by atoms with E-state index in [1.54, 1.807) is 29.9 Å². The number of hydrogen-bond donors (Lipinski definition) is 3. The monoisotopic (exact) mass is 278 g/mol. The Balaban J connectivity index is 2.37. The number of rotatable bonds is 1. The number of hydrazine groups is 1. The number of nitrogens with zero attached hydrogens (tertiary/aromatic N) is 2. The van der Waals surface area contributed by atoms with Crippen LogP contribution in [0.4, 0.5) is 18.0 Å². The summed E-state index contributed by atoms with van der Waals surface area (Å²) in [6, 6.07) is 0.992. The van der Waals surface area contributed by atoms with Crippen molar-refractivity contribution in [1.29, 1.82) is 0 Å². The molecule has 2 rings (SSSR count). The molecule has 4 N–H and O–H groups in total. The van der Waals surface area contributed by atoms with E-state index >= 15 is 0 Å². The Morgan fingerprint density at radius 3 is 2.63 bits per heavy atom. The molecule has 0 aliphatic carbocycles. The summed E-state index contributed by atoms with van der Waals surface area (Å²) >= 11 is 0. The third-order valence-electron chi connectivity index (χ3n) is 3.16. The molecule has 106 valence electrons. The number of nitrogens with two attached hydrogens (primary N) is 1. The second kappa shape index (κ2) is 4.14. The second-order valence-corrected chi connectivity index (χ2v) is 4.42. The fraction of sp³-hybridized carbons (Fsp3) is 0.500. The van der Waals surface area contributed by atoms with E-state index < -0.39 is 30.4 Å². The highest BCUT2D eigenvalue weighted by Crippen LogP contribution is 2.43. The Kier molecular flexibility index (Phi) is 2.98. The first kappa shape index (κ1) is 13.7. The SMILES string of the molecule is Cn1cccc1[C@H]1C[C@](O)(C(F)(F)F)N(C(N)=O)N1. The normalized spacial score (nSPS) is 27.8. The van der Waals surface area contributed by atoms with Crippen molar-refractivity contribution in [3.63, 3.8) is 0 Å². The number of nitrogens with one attached hydrogen (secondary N) is 1. The first-order valence-corrected chi connectivity index (χ1v) is 5.43. The van der Waals surface area contributed by atoms with Gasteiger partial charge < -0.3 is 15.4 Å². The van der Waals surface area contributed by atoms with Gasteiger partial charge in [0.2, 0.25) is 0 Å². The third-order valence-corrected chi connectivity index (χ3v) is 3.16. The summed E-state index contributed by atoms with van der Waals surface area (Å²) in [5, 5.41) is 9.78. The molecule has 2 amide bonds. The van der Waals surface area contributed by atoms with Crippen molar-refractivity contribution in [1.82, 2.24) is 15.0 Å². The molecule has 1 fully saturated rings. The first-order chi connectivity index (χ1) is 8.67. The van der Waals surface area contributed by atoms with Gasteiger partial charge in [0.25, 0.3) is 5.72 Å². The smallest absolute Gasteiger partial charge is 0.362 e. The van der Waals surface area contributed by atoms with Crippen molar-refractivity contribution in [2.45, 2.75) is 24.4 Å². The van der Waals surface area contributed by atoms with E-state index in [1.165, 1.54) is 0 Å². The summed E-state index contributed by atoms with van der Waals surface area (Å²) in [5.74, 6) is 0. The Labute approximate surface area is 106 Å². The van der Waals surface area contributed by atoms with Gasteiger partial charge in [-0.25, -0.2) is 15.2 Å². The average molecular weight is 278 g/mol. The number of aryl methyl sites for hydroxylation is 1. The Morgan fingerprint density at radius 1 is 1.63 bits per heavy atom. The van der Waals surface area contributed by atoms with Gasteiger partial charge in [0.15, 0.2) is 0 Å². The fourth-order valence-corrected chi connectivity index (χ4v) is 2.18. The molecule has 1 aliphatic rings. The minimum Gasteiger partial charge on any atom is -0.362 e. The predicted octanol–water partition coefficient (Wildman–Crippen LogP) is 0.606. The van der Waals surface area contributed by atoms with Crippen molar-refractivity contribution in [3.8, 4) is 0 Å². The summed E-state index contributed by atoms with van der Waals surface area (Å²) in [6.45, 7) is 0. The van der Waals surface area contributed by atoms with E-state index in [4.69, 9.17) is 5.73 Å². The van der Waals surface area contributed by atoms with Crippen LogP contribution in [-0.4, -0.2) is 32.6 Å². The summed E-state index contributed by atoms with van der Waals surface area (Å²) < 4.78 is 40.4. The molecule has 1 aromatic rings. The number of aromatic nitrogens is 1. The van der Waals surface area contributed by atoms with Gasteiger partial charge in [0.1, 0.15) is 0 Å². The number of urea groups is 1. The number of alkyl halides is 3. The number of carbonyl (C=O) groups excluding carboxylic acids is 1. The van der Waals surface area contributed by atoms with Gasteiger partial charge in [-0.3, -0.25) is 0 Å². The van der Waals surface area contributed by atoms with Crippen LogP contribution in [0.25, 0.3) is 0 Å². The van der Waals surface area contributed by atoms with Crippen LogP contribution in [0, 0.1) is 0 Å². The summed E-state index contributed by atoms with van der Waals surface area (Å²) in [4.78, 5) is 11.1. The highest BCUT2D eigenvalue weighted by atomic mass is 19.4. The molecule has 2 atom stereocenters. The number of aliphatic hydroxyl groups is 1. The maximum Gasteiger partial charge on any atom is 0.438 e. The van der Waals surface area contributed by atoms with Crippen LogP contribution in [0.5, 0.6) is 0 Å². The molecule has 9 heteroatoms. The van der Waals surface area contributed by atoms with Crippen LogP contribution in [-0.2, 0) is 7.05 Å². The molecule has 0 saturated carbocycles. The van der Waals surface area contributed by atoms with Gasteiger partial charge in [-0.05, 0) is 12.1 Å². The van der Waals surface area contributed by atoms with Gasteiger partial charge in [-0.15, -0.1) is 0 Å². The van der Waals surface area contributed by atoms with Gasteiger partial charge in [-0.2, -0.15) is 13.2 Å². The van der Waals surface area contributed by atoms with Crippen molar-refractivity contribution >= 4 is 6.03 Å². The predicted molar refractivity (Wildman–Crippen MR) is 58.3 cm³/mol. The van der Waals surface area contributed by atoms with Crippen molar-refractivity contribution in [3.05, 3.63) is 24.0 Å². The van der Waals surface area contributed by atoms with Gasteiger partial charge in [0.05, 0.1) is 6.04 Å². The molecule has 1 saturated heterocycles. The molecule has 0 unspecified atom stereocenters. The summed E-state index contributed by atoms with van der Waals surface area (Å²) in [6.07, 6.45) is -4.08. The Hall–Kier alpha value is -1.74. The lowest BCUT2D eigenvalue weighted by molar-refractivity contribution is -0.299. The van der Waals surface area contributed by atoms with Crippen molar-refractivity contribution in [2.75, 3.05) is 0 Å². The lowest BCUT2D eigenvalue weighted by Gasteiger charge is -2.32. The average Bonchev–Trinajstić information content (AvgIpc) is 2.81. The summed E-state index contributed by atoms with van der Waals surface area (Å²) in [7, 11) is 1.65. The molecule has 2 heterocycles. The molecule has 19 heavy (non-hydrogen) atoms.